The number of amides is 1. The number of nitrogens with zero attached hydrogens (tertiary/aromatic N) is 2. The minimum absolute atomic E-state index is 0.0585. The molecule has 158 valence electrons. The fourth-order valence-corrected chi connectivity index (χ4v) is 3.13. The molecule has 1 aliphatic rings. The number of carbonyl (C=O) groups is 2. The minimum atomic E-state index is -1.09. The summed E-state index contributed by atoms with van der Waals surface area (Å²) in [6.45, 7) is 4.41. The van der Waals surface area contributed by atoms with Gasteiger partial charge in [0.05, 0.1) is 28.7 Å². The third-order valence-electron chi connectivity index (χ3n) is 4.55. The van der Waals surface area contributed by atoms with E-state index in [1.54, 1.807) is 12.1 Å². The molecular weight excluding hydrogens is 414 g/mol. The van der Waals surface area contributed by atoms with Crippen LogP contribution in [-0.2, 0) is 14.3 Å². The number of rotatable bonds is 6. The average molecular weight is 434 g/mol. The number of halogens is 1. The standard InChI is InChI=1S/C20H20ClN3O6/c1-13(30-20(26)17-7-6-16(24(27)28)12-18(17)21)19(25)22-14-2-4-15(5-3-14)23-8-10-29-11-9-23/h2-7,12-13H,8-11H2,1H3,(H,22,25). The maximum Gasteiger partial charge on any atom is 0.340 e. The Balaban J connectivity index is 1.57. The van der Waals surface area contributed by atoms with Crippen LogP contribution in [0.4, 0.5) is 17.1 Å². The molecule has 1 unspecified atom stereocenters. The van der Waals surface area contributed by atoms with Crippen molar-refractivity contribution in [3.8, 4) is 0 Å². The van der Waals surface area contributed by atoms with Gasteiger partial charge in [-0.1, -0.05) is 11.6 Å². The number of esters is 1. The lowest BCUT2D eigenvalue weighted by atomic mass is 10.2. The smallest absolute Gasteiger partial charge is 0.340 e. The van der Waals surface area contributed by atoms with Gasteiger partial charge in [-0.25, -0.2) is 4.79 Å². The van der Waals surface area contributed by atoms with Crippen molar-refractivity contribution in [1.29, 1.82) is 0 Å². The first-order valence-corrected chi connectivity index (χ1v) is 9.61. The molecule has 0 bridgehead atoms. The van der Waals surface area contributed by atoms with Crippen molar-refractivity contribution in [2.45, 2.75) is 13.0 Å². The van der Waals surface area contributed by atoms with Crippen molar-refractivity contribution in [1.82, 2.24) is 0 Å². The van der Waals surface area contributed by atoms with Crippen LogP contribution in [0.1, 0.15) is 17.3 Å². The molecule has 0 radical (unpaired) electrons. The number of morpholine rings is 1. The molecule has 0 spiro atoms. The number of carbonyl (C=O) groups excluding carboxylic acids is 2. The Morgan fingerprint density at radius 3 is 2.47 bits per heavy atom. The molecule has 1 fully saturated rings. The van der Waals surface area contributed by atoms with Crippen LogP contribution in [0, 0.1) is 10.1 Å². The summed E-state index contributed by atoms with van der Waals surface area (Å²) in [6.07, 6.45) is -1.09. The lowest BCUT2D eigenvalue weighted by Gasteiger charge is -2.28. The molecule has 0 saturated carbocycles. The van der Waals surface area contributed by atoms with Crippen LogP contribution in [-0.4, -0.2) is 49.2 Å². The van der Waals surface area contributed by atoms with E-state index >= 15 is 0 Å². The van der Waals surface area contributed by atoms with E-state index in [2.05, 4.69) is 10.2 Å². The molecule has 2 aromatic carbocycles. The lowest BCUT2D eigenvalue weighted by molar-refractivity contribution is -0.384. The molecule has 10 heteroatoms. The number of hydrogen-bond donors (Lipinski definition) is 1. The molecule has 30 heavy (non-hydrogen) atoms. The van der Waals surface area contributed by atoms with Gasteiger partial charge in [-0.3, -0.25) is 14.9 Å². The van der Waals surface area contributed by atoms with E-state index in [0.717, 1.165) is 30.9 Å². The van der Waals surface area contributed by atoms with Gasteiger partial charge in [0, 0.05) is 36.6 Å². The Kier molecular flexibility index (Phi) is 6.86. The molecule has 2 aromatic rings. The van der Waals surface area contributed by atoms with E-state index < -0.39 is 22.9 Å². The first-order valence-electron chi connectivity index (χ1n) is 9.23. The topological polar surface area (TPSA) is 111 Å². The number of benzene rings is 2. The highest BCUT2D eigenvalue weighted by Crippen LogP contribution is 2.24. The number of nitrogens with one attached hydrogen (secondary N) is 1. The fraction of sp³-hybridized carbons (Fsp3) is 0.300. The number of hydrogen-bond acceptors (Lipinski definition) is 7. The van der Waals surface area contributed by atoms with Gasteiger partial charge in [0.15, 0.2) is 6.10 Å². The zero-order valence-corrected chi connectivity index (χ0v) is 16.9. The summed E-state index contributed by atoms with van der Waals surface area (Å²) in [5.41, 5.74) is 1.29. The van der Waals surface area contributed by atoms with Gasteiger partial charge in [0.25, 0.3) is 11.6 Å². The van der Waals surface area contributed by atoms with Crippen molar-refractivity contribution in [2.75, 3.05) is 36.5 Å². The zero-order chi connectivity index (χ0) is 21.7. The van der Waals surface area contributed by atoms with Crippen LogP contribution in [0.15, 0.2) is 42.5 Å². The average Bonchev–Trinajstić information content (AvgIpc) is 2.74. The van der Waals surface area contributed by atoms with Crippen molar-refractivity contribution < 1.29 is 24.0 Å². The Bertz CT molecular complexity index is 944. The fourth-order valence-electron chi connectivity index (χ4n) is 2.88. The number of anilines is 2. The summed E-state index contributed by atoms with van der Waals surface area (Å²) in [6, 6.07) is 10.7. The van der Waals surface area contributed by atoms with Crippen molar-refractivity contribution in [2.24, 2.45) is 0 Å². The van der Waals surface area contributed by atoms with Crippen molar-refractivity contribution in [3.05, 3.63) is 63.2 Å². The number of non-ortho nitro benzene ring substituents is 1. The lowest BCUT2D eigenvalue weighted by Crippen LogP contribution is -2.36. The second-order valence-electron chi connectivity index (χ2n) is 6.60. The monoisotopic (exact) mass is 433 g/mol. The van der Waals surface area contributed by atoms with E-state index in [1.807, 2.05) is 12.1 Å². The summed E-state index contributed by atoms with van der Waals surface area (Å²) in [5.74, 6) is -1.36. The van der Waals surface area contributed by atoms with Crippen LogP contribution in [0.25, 0.3) is 0 Å². The third-order valence-corrected chi connectivity index (χ3v) is 4.86. The number of nitro benzene ring substituents is 1. The maximum absolute atomic E-state index is 12.4. The maximum atomic E-state index is 12.4. The van der Waals surface area contributed by atoms with E-state index in [0.29, 0.717) is 18.9 Å². The van der Waals surface area contributed by atoms with Gasteiger partial charge in [-0.05, 0) is 37.3 Å². The van der Waals surface area contributed by atoms with Crippen LogP contribution in [0.3, 0.4) is 0 Å². The molecule has 9 nitrogen and oxygen atoms in total. The van der Waals surface area contributed by atoms with Gasteiger partial charge in [0.2, 0.25) is 0 Å². The van der Waals surface area contributed by atoms with Crippen molar-refractivity contribution in [3.63, 3.8) is 0 Å². The first kappa shape index (κ1) is 21.5. The molecule has 1 heterocycles. The predicted molar refractivity (Wildman–Crippen MR) is 111 cm³/mol. The Hall–Kier alpha value is -3.17. The van der Waals surface area contributed by atoms with Crippen LogP contribution in [0.5, 0.6) is 0 Å². The van der Waals surface area contributed by atoms with Crippen molar-refractivity contribution >= 4 is 40.5 Å². The molecule has 1 aliphatic heterocycles. The highest BCUT2D eigenvalue weighted by Gasteiger charge is 2.22. The molecular formula is C20H20ClN3O6. The van der Waals surface area contributed by atoms with Crippen LogP contribution in [0.2, 0.25) is 5.02 Å². The number of ether oxygens (including phenoxy) is 2. The minimum Gasteiger partial charge on any atom is -0.449 e. The van der Waals surface area contributed by atoms with Gasteiger partial charge >= 0.3 is 5.97 Å². The van der Waals surface area contributed by atoms with E-state index in [9.17, 15) is 19.7 Å². The third kappa shape index (κ3) is 5.25. The Morgan fingerprint density at radius 1 is 1.20 bits per heavy atom. The molecule has 1 amide bonds. The summed E-state index contributed by atoms with van der Waals surface area (Å²) in [7, 11) is 0. The quantitative estimate of drug-likeness (QED) is 0.422. The van der Waals surface area contributed by atoms with Gasteiger partial charge in [-0.2, -0.15) is 0 Å². The summed E-state index contributed by atoms with van der Waals surface area (Å²) >= 11 is 5.92. The summed E-state index contributed by atoms with van der Waals surface area (Å²) in [5, 5.41) is 13.3. The SMILES string of the molecule is CC(OC(=O)c1ccc([N+](=O)[O-])cc1Cl)C(=O)Nc1ccc(N2CCOCC2)cc1. The number of nitro groups is 1. The van der Waals surface area contributed by atoms with Crippen LogP contribution >= 0.6 is 11.6 Å². The first-order chi connectivity index (χ1) is 14.3. The molecule has 0 aromatic heterocycles. The zero-order valence-electron chi connectivity index (χ0n) is 16.2. The second kappa shape index (κ2) is 9.55. The summed E-state index contributed by atoms with van der Waals surface area (Å²) in [4.78, 5) is 36.9. The Morgan fingerprint density at radius 2 is 1.87 bits per heavy atom. The molecule has 3 rings (SSSR count). The molecule has 1 atom stereocenters. The highest BCUT2D eigenvalue weighted by molar-refractivity contribution is 6.33. The molecule has 1 saturated heterocycles. The highest BCUT2D eigenvalue weighted by atomic mass is 35.5. The molecule has 1 N–H and O–H groups in total. The largest absolute Gasteiger partial charge is 0.449 e. The summed E-state index contributed by atoms with van der Waals surface area (Å²) < 4.78 is 10.5. The molecule has 0 aliphatic carbocycles. The van der Waals surface area contributed by atoms with Crippen LogP contribution < -0.4 is 10.2 Å². The van der Waals surface area contributed by atoms with Gasteiger partial charge in [0.1, 0.15) is 0 Å². The predicted octanol–water partition coefficient (Wildman–Crippen LogP) is 3.27. The van der Waals surface area contributed by atoms with Gasteiger partial charge < -0.3 is 19.7 Å². The van der Waals surface area contributed by atoms with E-state index in [4.69, 9.17) is 21.1 Å². The normalized spacial score (nSPS) is 14.7. The second-order valence-corrected chi connectivity index (χ2v) is 7.01. The Labute approximate surface area is 177 Å². The van der Waals surface area contributed by atoms with E-state index in [1.165, 1.54) is 13.0 Å². The van der Waals surface area contributed by atoms with Gasteiger partial charge in [-0.15, -0.1) is 0 Å². The van der Waals surface area contributed by atoms with E-state index in [-0.39, 0.29) is 16.3 Å².